The fraction of sp³-hybridized carbons (Fsp3) is 0.0714. The third kappa shape index (κ3) is 2.69. The largest absolute Gasteiger partial charge is 0.197 e. The van der Waals surface area contributed by atoms with Crippen molar-refractivity contribution >= 4 is 0 Å². The van der Waals surface area contributed by atoms with Gasteiger partial charge in [0, 0.05) is 0 Å². The van der Waals surface area contributed by atoms with Crippen molar-refractivity contribution in [3.8, 4) is 6.07 Å². The van der Waals surface area contributed by atoms with Crippen molar-refractivity contribution in [2.24, 2.45) is 0 Å². The van der Waals surface area contributed by atoms with Gasteiger partial charge in [0.25, 0.3) is 0 Å². The molecule has 0 saturated heterocycles. The van der Waals surface area contributed by atoms with Gasteiger partial charge in [0.2, 0.25) is 0 Å². The summed E-state index contributed by atoms with van der Waals surface area (Å²) in [7, 11) is 0. The molecule has 1 heteroatoms. The van der Waals surface area contributed by atoms with E-state index in [0.717, 1.165) is 11.1 Å². The molecule has 0 aliphatic heterocycles. The van der Waals surface area contributed by atoms with Crippen LogP contribution in [0.2, 0.25) is 0 Å². The van der Waals surface area contributed by atoms with Crippen LogP contribution in [0.1, 0.15) is 11.5 Å². The first-order chi connectivity index (χ1) is 7.33. The lowest BCUT2D eigenvalue weighted by molar-refractivity contribution is 1.04. The molecule has 1 aromatic carbocycles. The lowest BCUT2D eigenvalue weighted by Crippen LogP contribution is -1.97. The third-order valence-electron chi connectivity index (χ3n) is 2.14. The zero-order chi connectivity index (χ0) is 11.1. The molecular weight excluding hydrogens is 182 g/mol. The first-order valence-corrected chi connectivity index (χ1v) is 4.73. The predicted octanol–water partition coefficient (Wildman–Crippen LogP) is 3.59. The molecule has 0 N–H and O–H groups in total. The van der Waals surface area contributed by atoms with E-state index < -0.39 is 0 Å². The van der Waals surface area contributed by atoms with E-state index in [-0.39, 0.29) is 5.92 Å². The summed E-state index contributed by atoms with van der Waals surface area (Å²) in [4.78, 5) is 0. The highest BCUT2D eigenvalue weighted by Crippen LogP contribution is 2.24. The second-order valence-electron chi connectivity index (χ2n) is 3.08. The monoisotopic (exact) mass is 195 g/mol. The Morgan fingerprint density at radius 3 is 2.40 bits per heavy atom. The van der Waals surface area contributed by atoms with Crippen LogP contribution in [0.4, 0.5) is 0 Å². The maximum absolute atomic E-state index is 9.13. The lowest BCUT2D eigenvalue weighted by Gasteiger charge is -2.09. The Hall–Kier alpha value is -2.07. The molecule has 0 fully saturated rings. The number of nitriles is 1. The van der Waals surface area contributed by atoms with E-state index in [1.165, 1.54) is 0 Å². The minimum atomic E-state index is -0.262. The fourth-order valence-electron chi connectivity index (χ4n) is 1.41. The van der Waals surface area contributed by atoms with Crippen LogP contribution < -0.4 is 0 Å². The minimum Gasteiger partial charge on any atom is -0.197 e. The van der Waals surface area contributed by atoms with Gasteiger partial charge in [-0.2, -0.15) is 5.26 Å². The van der Waals surface area contributed by atoms with Crippen LogP contribution in [0, 0.1) is 11.3 Å². The van der Waals surface area contributed by atoms with Gasteiger partial charge in [0.15, 0.2) is 0 Å². The van der Waals surface area contributed by atoms with Gasteiger partial charge in [-0.3, -0.25) is 0 Å². The maximum atomic E-state index is 9.13. The summed E-state index contributed by atoms with van der Waals surface area (Å²) >= 11 is 0. The van der Waals surface area contributed by atoms with Crippen LogP contribution in [-0.4, -0.2) is 0 Å². The zero-order valence-electron chi connectivity index (χ0n) is 8.56. The smallest absolute Gasteiger partial charge is 0.0962 e. The van der Waals surface area contributed by atoms with Crippen LogP contribution in [0.5, 0.6) is 0 Å². The third-order valence-corrected chi connectivity index (χ3v) is 2.14. The van der Waals surface area contributed by atoms with E-state index >= 15 is 0 Å². The summed E-state index contributed by atoms with van der Waals surface area (Å²) in [5.41, 5.74) is 1.85. The van der Waals surface area contributed by atoms with Crippen molar-refractivity contribution in [3.63, 3.8) is 0 Å². The lowest BCUT2D eigenvalue weighted by atomic mass is 9.92. The molecule has 0 aliphatic carbocycles. The average molecular weight is 195 g/mol. The number of nitrogens with zero attached hydrogens (tertiary/aromatic N) is 1. The van der Waals surface area contributed by atoms with Gasteiger partial charge in [-0.1, -0.05) is 61.7 Å². The summed E-state index contributed by atoms with van der Waals surface area (Å²) in [6.07, 6.45) is 5.18. The van der Waals surface area contributed by atoms with E-state index in [1.54, 1.807) is 12.2 Å². The van der Waals surface area contributed by atoms with Crippen molar-refractivity contribution in [1.29, 1.82) is 5.26 Å². The SMILES string of the molecule is C=C/C=C(\C=C)C(C#N)c1ccccc1. The molecule has 0 saturated carbocycles. The van der Waals surface area contributed by atoms with E-state index in [0.29, 0.717) is 0 Å². The van der Waals surface area contributed by atoms with Gasteiger partial charge in [-0.25, -0.2) is 0 Å². The van der Waals surface area contributed by atoms with E-state index in [1.807, 2.05) is 36.4 Å². The summed E-state index contributed by atoms with van der Waals surface area (Å²) in [5, 5.41) is 9.13. The molecule has 74 valence electrons. The summed E-state index contributed by atoms with van der Waals surface area (Å²) in [5.74, 6) is -0.262. The number of allylic oxidation sites excluding steroid dienone is 4. The normalized spacial score (nSPS) is 12.6. The van der Waals surface area contributed by atoms with Crippen LogP contribution in [0.15, 0.2) is 67.3 Å². The molecule has 0 amide bonds. The molecule has 1 nitrogen and oxygen atoms in total. The molecule has 0 heterocycles. The predicted molar refractivity (Wildman–Crippen MR) is 63.3 cm³/mol. The molecule has 0 bridgehead atoms. The van der Waals surface area contributed by atoms with Crippen molar-refractivity contribution in [2.75, 3.05) is 0 Å². The highest BCUT2D eigenvalue weighted by molar-refractivity contribution is 5.41. The van der Waals surface area contributed by atoms with Gasteiger partial charge in [0.1, 0.15) is 0 Å². The molecule has 0 aromatic heterocycles. The zero-order valence-corrected chi connectivity index (χ0v) is 8.56. The minimum absolute atomic E-state index is 0.262. The molecule has 0 spiro atoms. The van der Waals surface area contributed by atoms with Crippen molar-refractivity contribution in [3.05, 3.63) is 72.9 Å². The molecule has 15 heavy (non-hydrogen) atoms. The van der Waals surface area contributed by atoms with E-state index in [4.69, 9.17) is 5.26 Å². The van der Waals surface area contributed by atoms with E-state index in [9.17, 15) is 0 Å². The van der Waals surface area contributed by atoms with Gasteiger partial charge in [-0.15, -0.1) is 0 Å². The average Bonchev–Trinajstić information content (AvgIpc) is 2.30. The Kier molecular flexibility index (Phi) is 4.12. The van der Waals surface area contributed by atoms with Gasteiger partial charge >= 0.3 is 0 Å². The first kappa shape index (κ1) is 11.0. The number of rotatable bonds is 4. The molecule has 0 aliphatic rings. The fourth-order valence-corrected chi connectivity index (χ4v) is 1.41. The molecular formula is C14H13N. The molecule has 1 rings (SSSR count). The number of hydrogen-bond acceptors (Lipinski definition) is 1. The Bertz CT molecular complexity index is 407. The standard InChI is InChI=1S/C14H13N/c1-3-8-12(4-2)14(11-15)13-9-6-5-7-10-13/h3-10,14H,1-2H2/b12-8+. The van der Waals surface area contributed by atoms with Gasteiger partial charge in [0.05, 0.1) is 12.0 Å². The Labute approximate surface area is 90.7 Å². The molecule has 1 atom stereocenters. The van der Waals surface area contributed by atoms with Crippen LogP contribution >= 0.6 is 0 Å². The summed E-state index contributed by atoms with van der Waals surface area (Å²) < 4.78 is 0. The van der Waals surface area contributed by atoms with Crippen molar-refractivity contribution in [1.82, 2.24) is 0 Å². The van der Waals surface area contributed by atoms with E-state index in [2.05, 4.69) is 19.2 Å². The van der Waals surface area contributed by atoms with Gasteiger partial charge in [-0.05, 0) is 11.1 Å². The molecule has 1 aromatic rings. The Morgan fingerprint density at radius 1 is 1.27 bits per heavy atom. The Balaban J connectivity index is 3.10. The quantitative estimate of drug-likeness (QED) is 0.673. The maximum Gasteiger partial charge on any atom is 0.0962 e. The van der Waals surface area contributed by atoms with Crippen molar-refractivity contribution < 1.29 is 0 Å². The first-order valence-electron chi connectivity index (χ1n) is 4.73. The van der Waals surface area contributed by atoms with Crippen LogP contribution in [0.3, 0.4) is 0 Å². The highest BCUT2D eigenvalue weighted by Gasteiger charge is 2.12. The topological polar surface area (TPSA) is 23.8 Å². The molecule has 0 radical (unpaired) electrons. The van der Waals surface area contributed by atoms with Crippen LogP contribution in [-0.2, 0) is 0 Å². The summed E-state index contributed by atoms with van der Waals surface area (Å²) in [6.45, 7) is 7.33. The number of benzene rings is 1. The van der Waals surface area contributed by atoms with Crippen molar-refractivity contribution in [2.45, 2.75) is 5.92 Å². The van der Waals surface area contributed by atoms with Gasteiger partial charge < -0.3 is 0 Å². The second-order valence-corrected chi connectivity index (χ2v) is 3.08. The number of hydrogen-bond donors (Lipinski definition) is 0. The highest BCUT2D eigenvalue weighted by atomic mass is 14.3. The summed E-state index contributed by atoms with van der Waals surface area (Å²) in [6, 6.07) is 11.9. The van der Waals surface area contributed by atoms with Crippen LogP contribution in [0.25, 0.3) is 0 Å². The molecule has 1 unspecified atom stereocenters. The Morgan fingerprint density at radius 2 is 1.93 bits per heavy atom. The second kappa shape index (κ2) is 5.62.